The van der Waals surface area contributed by atoms with Gasteiger partial charge < -0.3 is 15.0 Å². The minimum absolute atomic E-state index is 0.127. The van der Waals surface area contributed by atoms with Crippen LogP contribution < -0.4 is 10.2 Å². The minimum atomic E-state index is -1.06. The summed E-state index contributed by atoms with van der Waals surface area (Å²) in [5, 5.41) is 3.60. The van der Waals surface area contributed by atoms with E-state index in [4.69, 9.17) is 21.1 Å². The second-order valence-electron chi connectivity index (χ2n) is 8.50. The molecule has 1 N–H and O–H groups in total. The zero-order valence-corrected chi connectivity index (χ0v) is 19.0. The Morgan fingerprint density at radius 1 is 1.28 bits per heavy atom. The average Bonchev–Trinajstić information content (AvgIpc) is 3.19. The van der Waals surface area contributed by atoms with E-state index in [1.165, 1.54) is 0 Å². The number of methoxy groups -OCH3 is 1. The van der Waals surface area contributed by atoms with Gasteiger partial charge in [0, 0.05) is 44.8 Å². The zero-order valence-electron chi connectivity index (χ0n) is 18.1. The molecule has 2 aromatic heterocycles. The number of aromatic nitrogens is 4. The van der Waals surface area contributed by atoms with Crippen LogP contribution in [0.4, 0.5) is 11.8 Å². The smallest absolute Gasteiger partial charge is 0.227 e. The molecule has 5 rings (SSSR count). The second kappa shape index (κ2) is 8.60. The van der Waals surface area contributed by atoms with Crippen molar-refractivity contribution in [2.24, 2.45) is 0 Å². The van der Waals surface area contributed by atoms with Crippen LogP contribution >= 0.6 is 0 Å². The number of aryl methyl sites for hydroxylation is 1. The normalized spacial score (nSPS) is 21.3. The number of terminal acetylenes is 1. The van der Waals surface area contributed by atoms with Crippen molar-refractivity contribution in [2.45, 2.75) is 42.5 Å². The molecule has 4 heterocycles. The van der Waals surface area contributed by atoms with Crippen LogP contribution in [0.5, 0.6) is 0 Å². The molecule has 8 nitrogen and oxygen atoms in total. The highest BCUT2D eigenvalue weighted by Gasteiger charge is 2.39. The van der Waals surface area contributed by atoms with Crippen molar-refractivity contribution >= 4 is 28.1 Å². The van der Waals surface area contributed by atoms with Crippen molar-refractivity contribution in [2.75, 3.05) is 42.8 Å². The first-order chi connectivity index (χ1) is 15.6. The van der Waals surface area contributed by atoms with Gasteiger partial charge in [0.15, 0.2) is 5.82 Å². The van der Waals surface area contributed by atoms with Crippen molar-refractivity contribution in [1.29, 1.82) is 0 Å². The fourth-order valence-electron chi connectivity index (χ4n) is 4.47. The Balaban J connectivity index is 1.40. The first-order valence-corrected chi connectivity index (χ1v) is 12.2. The number of hydrogen-bond acceptors (Lipinski definition) is 8. The van der Waals surface area contributed by atoms with Crippen molar-refractivity contribution in [3.63, 3.8) is 0 Å². The van der Waals surface area contributed by atoms with E-state index >= 15 is 0 Å². The van der Waals surface area contributed by atoms with Crippen LogP contribution in [0, 0.1) is 12.3 Å². The molecule has 32 heavy (non-hydrogen) atoms. The van der Waals surface area contributed by atoms with Gasteiger partial charge in [0.1, 0.15) is 10.7 Å². The second-order valence-corrected chi connectivity index (χ2v) is 10.0. The van der Waals surface area contributed by atoms with Crippen LogP contribution in [-0.2, 0) is 22.0 Å². The highest BCUT2D eigenvalue weighted by molar-refractivity contribution is 7.85. The third-order valence-electron chi connectivity index (χ3n) is 6.39. The largest absolute Gasteiger partial charge is 0.382 e. The van der Waals surface area contributed by atoms with E-state index in [9.17, 15) is 4.21 Å². The molecule has 0 radical (unpaired) electrons. The lowest BCUT2D eigenvalue weighted by molar-refractivity contribution is 0.0979. The number of ether oxygens (including phenoxy) is 1. The lowest BCUT2D eigenvalue weighted by atomic mass is 9.77. The van der Waals surface area contributed by atoms with Crippen LogP contribution in [0.3, 0.4) is 0 Å². The van der Waals surface area contributed by atoms with Gasteiger partial charge in [-0.15, -0.1) is 6.42 Å². The first-order valence-electron chi connectivity index (χ1n) is 10.9. The summed E-state index contributed by atoms with van der Waals surface area (Å²) < 4.78 is 18.1. The Morgan fingerprint density at radius 2 is 2.09 bits per heavy atom. The first kappa shape index (κ1) is 21.0. The SMILES string of the molecule is C#Cc1cnc(C2=CCN(c3nc4c(c(NC5(COC)CCC5)n3)[S@@](=O)CC4)CC2)nc1. The van der Waals surface area contributed by atoms with Crippen LogP contribution in [0.25, 0.3) is 5.57 Å². The summed E-state index contributed by atoms with van der Waals surface area (Å²) in [5.74, 6) is 5.24. The Bertz CT molecular complexity index is 1120. The summed E-state index contributed by atoms with van der Waals surface area (Å²) in [6.45, 7) is 2.04. The topological polar surface area (TPSA) is 93.1 Å². The van der Waals surface area contributed by atoms with Crippen LogP contribution in [0.1, 0.15) is 42.8 Å². The molecule has 0 amide bonds. The van der Waals surface area contributed by atoms with Gasteiger partial charge in [-0.05, 0) is 31.3 Å². The lowest BCUT2D eigenvalue weighted by Crippen LogP contribution is -2.49. The van der Waals surface area contributed by atoms with Gasteiger partial charge in [0.2, 0.25) is 5.95 Å². The maximum absolute atomic E-state index is 12.7. The van der Waals surface area contributed by atoms with Gasteiger partial charge in [-0.25, -0.2) is 15.0 Å². The van der Waals surface area contributed by atoms with E-state index in [-0.39, 0.29) is 5.54 Å². The van der Waals surface area contributed by atoms with Gasteiger partial charge in [0.25, 0.3) is 0 Å². The molecule has 3 aliphatic rings. The van der Waals surface area contributed by atoms with E-state index in [1.54, 1.807) is 19.5 Å². The van der Waals surface area contributed by atoms with Crippen LogP contribution in [0.15, 0.2) is 23.4 Å². The number of nitrogens with zero attached hydrogens (tertiary/aromatic N) is 5. The molecule has 9 heteroatoms. The number of nitrogens with one attached hydrogen (secondary N) is 1. The van der Waals surface area contributed by atoms with E-state index in [0.717, 1.165) is 48.4 Å². The number of anilines is 2. The van der Waals surface area contributed by atoms with E-state index in [0.29, 0.717) is 48.5 Å². The molecule has 0 unspecified atom stereocenters. The number of rotatable bonds is 6. The van der Waals surface area contributed by atoms with Gasteiger partial charge >= 0.3 is 0 Å². The van der Waals surface area contributed by atoms with Gasteiger partial charge in [-0.2, -0.15) is 4.98 Å². The van der Waals surface area contributed by atoms with Crippen molar-refractivity contribution < 1.29 is 8.95 Å². The molecule has 166 valence electrons. The molecule has 2 aromatic rings. The average molecular weight is 451 g/mol. The molecule has 1 fully saturated rings. The molecular weight excluding hydrogens is 424 g/mol. The Kier molecular flexibility index (Phi) is 5.66. The molecule has 0 bridgehead atoms. The van der Waals surface area contributed by atoms with Gasteiger partial charge in [-0.1, -0.05) is 12.0 Å². The molecule has 1 saturated carbocycles. The third-order valence-corrected chi connectivity index (χ3v) is 7.85. The summed E-state index contributed by atoms with van der Waals surface area (Å²) in [5.41, 5.74) is 2.54. The Morgan fingerprint density at radius 3 is 2.72 bits per heavy atom. The maximum atomic E-state index is 12.7. The number of fused-ring (bicyclic) bond motifs is 1. The highest BCUT2D eigenvalue weighted by atomic mass is 32.2. The lowest BCUT2D eigenvalue weighted by Gasteiger charge is -2.42. The van der Waals surface area contributed by atoms with Crippen LogP contribution in [0.2, 0.25) is 0 Å². The predicted molar refractivity (Wildman–Crippen MR) is 124 cm³/mol. The molecule has 1 aliphatic carbocycles. The Labute approximate surface area is 190 Å². The third kappa shape index (κ3) is 3.89. The van der Waals surface area contributed by atoms with Crippen molar-refractivity contribution in [3.8, 4) is 12.3 Å². The molecular formula is C23H26N6O2S. The van der Waals surface area contributed by atoms with E-state index in [2.05, 4.69) is 32.2 Å². The fraction of sp³-hybridized carbons (Fsp3) is 0.478. The zero-order chi connectivity index (χ0) is 22.1. The van der Waals surface area contributed by atoms with Crippen LogP contribution in [-0.4, -0.2) is 62.2 Å². The molecule has 0 spiro atoms. The fourth-order valence-corrected chi connectivity index (χ4v) is 5.77. The van der Waals surface area contributed by atoms with E-state index < -0.39 is 10.8 Å². The summed E-state index contributed by atoms with van der Waals surface area (Å²) in [6.07, 6.45) is 15.6. The molecule has 0 saturated heterocycles. The van der Waals surface area contributed by atoms with Gasteiger partial charge in [-0.3, -0.25) is 4.21 Å². The summed E-state index contributed by atoms with van der Waals surface area (Å²) >= 11 is 0. The standard InChI is InChI=1S/C23H26N6O2S/c1-3-16-13-24-20(25-14-16)17-5-10-29(11-6-17)22-26-18-7-12-32(30)19(18)21(27-22)28-23(15-31-2)8-4-9-23/h1,5,13-14H,4,6-12,15H2,2H3,(H,26,27,28)/t32-/m0/s1. The Hall–Kier alpha value is -2.83. The van der Waals surface area contributed by atoms with Gasteiger partial charge in [0.05, 0.1) is 34.2 Å². The quantitative estimate of drug-likeness (QED) is 0.670. The molecule has 2 aliphatic heterocycles. The monoisotopic (exact) mass is 450 g/mol. The van der Waals surface area contributed by atoms with Crippen molar-refractivity contribution in [1.82, 2.24) is 19.9 Å². The summed E-state index contributed by atoms with van der Waals surface area (Å²) in [7, 11) is 0.658. The highest BCUT2D eigenvalue weighted by Crippen LogP contribution is 2.39. The molecule has 1 atom stereocenters. The van der Waals surface area contributed by atoms with E-state index in [1.807, 2.05) is 0 Å². The number of hydrogen-bond donors (Lipinski definition) is 1. The minimum Gasteiger partial charge on any atom is -0.382 e. The molecule has 0 aromatic carbocycles. The summed E-state index contributed by atoms with van der Waals surface area (Å²) in [4.78, 5) is 21.3. The predicted octanol–water partition coefficient (Wildman–Crippen LogP) is 2.19. The summed E-state index contributed by atoms with van der Waals surface area (Å²) in [6, 6.07) is 0. The van der Waals surface area contributed by atoms with Crippen molar-refractivity contribution in [3.05, 3.63) is 35.6 Å². The maximum Gasteiger partial charge on any atom is 0.227 e.